The van der Waals surface area contributed by atoms with Crippen molar-refractivity contribution in [2.24, 2.45) is 7.05 Å². The van der Waals surface area contributed by atoms with Crippen molar-refractivity contribution in [1.82, 2.24) is 24.2 Å². The van der Waals surface area contributed by atoms with Gasteiger partial charge in [0.05, 0.1) is 24.7 Å². The fraction of sp³-hybridized carbons (Fsp3) is 0.464. The Morgan fingerprint density at radius 2 is 2.03 bits per heavy atom. The molecule has 0 bridgehead atoms. The van der Waals surface area contributed by atoms with Crippen LogP contribution in [-0.4, -0.2) is 61.1 Å². The van der Waals surface area contributed by atoms with Gasteiger partial charge in [0.2, 0.25) is 0 Å². The number of aryl methyl sites for hydroxylation is 1. The summed E-state index contributed by atoms with van der Waals surface area (Å²) in [6.07, 6.45) is 5.09. The number of ether oxygens (including phenoxy) is 3. The first kappa shape index (κ1) is 24.6. The molecule has 0 amide bonds. The molecule has 7 rings (SSSR count). The van der Waals surface area contributed by atoms with E-state index in [0.717, 1.165) is 78.9 Å². The quantitative estimate of drug-likeness (QED) is 0.363. The maximum atomic E-state index is 11.5. The zero-order chi connectivity index (χ0) is 26.7. The summed E-state index contributed by atoms with van der Waals surface area (Å²) in [7, 11) is 1.89. The molecule has 1 N–H and O–H groups in total. The smallest absolute Gasteiger partial charge is 0.346 e. The van der Waals surface area contributed by atoms with E-state index in [9.17, 15) is 9.90 Å². The van der Waals surface area contributed by atoms with Gasteiger partial charge in [0.15, 0.2) is 11.5 Å². The van der Waals surface area contributed by atoms with Crippen LogP contribution in [-0.2, 0) is 30.7 Å². The van der Waals surface area contributed by atoms with E-state index >= 15 is 0 Å². The van der Waals surface area contributed by atoms with Gasteiger partial charge in [-0.15, -0.1) is 11.3 Å². The number of carboxylic acids is 1. The summed E-state index contributed by atoms with van der Waals surface area (Å²) in [4.78, 5) is 19.9. The number of carbonyl (C=O) groups is 1. The number of aromatic carboxylic acids is 1. The number of imidazole rings is 1. The predicted molar refractivity (Wildman–Crippen MR) is 144 cm³/mol. The number of para-hydroxylation sites is 1. The zero-order valence-electron chi connectivity index (χ0n) is 22.0. The maximum Gasteiger partial charge on any atom is 0.346 e. The van der Waals surface area contributed by atoms with Crippen molar-refractivity contribution >= 4 is 27.7 Å². The molecule has 4 aromatic rings. The second-order valence-corrected chi connectivity index (χ2v) is 11.8. The Morgan fingerprint density at radius 3 is 2.72 bits per heavy atom. The minimum Gasteiger partial charge on any atom is -0.477 e. The number of rotatable bonds is 7. The fourth-order valence-electron chi connectivity index (χ4n) is 5.86. The summed E-state index contributed by atoms with van der Waals surface area (Å²) in [5.41, 5.74) is 2.84. The van der Waals surface area contributed by atoms with Crippen LogP contribution in [0.25, 0.3) is 10.3 Å². The third-order valence-corrected chi connectivity index (χ3v) is 9.11. The first-order chi connectivity index (χ1) is 18.9. The summed E-state index contributed by atoms with van der Waals surface area (Å²) in [5, 5.41) is 14.0. The highest BCUT2D eigenvalue weighted by Crippen LogP contribution is 2.49. The van der Waals surface area contributed by atoms with Gasteiger partial charge in [0.1, 0.15) is 21.2 Å². The number of likely N-dealkylation sites (tertiary alicyclic amines) is 1. The summed E-state index contributed by atoms with van der Waals surface area (Å²) >= 11 is 1.24. The number of fused-ring (bicyclic) bond motifs is 2. The molecule has 3 aliphatic rings. The van der Waals surface area contributed by atoms with Gasteiger partial charge in [-0.05, 0) is 56.5 Å². The van der Waals surface area contributed by atoms with Crippen LogP contribution in [0.15, 0.2) is 36.5 Å². The molecule has 1 aromatic carbocycles. The number of piperidine rings is 1. The van der Waals surface area contributed by atoms with Crippen LogP contribution < -0.4 is 9.47 Å². The van der Waals surface area contributed by atoms with Gasteiger partial charge in [-0.2, -0.15) is 5.10 Å². The van der Waals surface area contributed by atoms with Crippen molar-refractivity contribution in [1.29, 1.82) is 0 Å². The van der Waals surface area contributed by atoms with Gasteiger partial charge in [0, 0.05) is 32.3 Å². The summed E-state index contributed by atoms with van der Waals surface area (Å²) in [6, 6.07) is 9.85. The summed E-state index contributed by atoms with van der Waals surface area (Å²) in [6.45, 7) is 6.02. The third kappa shape index (κ3) is 4.38. The van der Waals surface area contributed by atoms with Crippen molar-refractivity contribution in [2.45, 2.75) is 57.1 Å². The molecule has 2 unspecified atom stereocenters. The monoisotopic (exact) mass is 549 g/mol. The lowest BCUT2D eigenvalue weighted by atomic mass is 9.88. The highest BCUT2D eigenvalue weighted by molar-refractivity contribution is 7.20. The highest BCUT2D eigenvalue weighted by atomic mass is 32.1. The second-order valence-electron chi connectivity index (χ2n) is 10.8. The molecule has 3 aromatic heterocycles. The molecule has 204 valence electrons. The number of aromatic nitrogens is 4. The molecule has 10 nitrogen and oxygen atoms in total. The van der Waals surface area contributed by atoms with Crippen molar-refractivity contribution in [3.63, 3.8) is 0 Å². The lowest BCUT2D eigenvalue weighted by Gasteiger charge is -2.33. The second kappa shape index (κ2) is 9.35. The predicted octanol–water partition coefficient (Wildman–Crippen LogP) is 4.34. The topological polar surface area (TPSA) is 104 Å². The van der Waals surface area contributed by atoms with Gasteiger partial charge in [-0.1, -0.05) is 12.1 Å². The average molecular weight is 550 g/mol. The Kier molecular flexibility index (Phi) is 5.91. The number of hydrogen-bond donors (Lipinski definition) is 1. The van der Waals surface area contributed by atoms with Gasteiger partial charge in [-0.3, -0.25) is 9.58 Å². The van der Waals surface area contributed by atoms with Gasteiger partial charge < -0.3 is 23.9 Å². The lowest BCUT2D eigenvalue weighted by Crippen LogP contribution is -2.35. The minimum absolute atomic E-state index is 0.166. The molecule has 2 atom stereocenters. The Hall–Kier alpha value is -3.41. The van der Waals surface area contributed by atoms with E-state index in [4.69, 9.17) is 19.2 Å². The van der Waals surface area contributed by atoms with E-state index in [1.54, 1.807) is 10.7 Å². The van der Waals surface area contributed by atoms with Crippen molar-refractivity contribution in [3.05, 3.63) is 58.5 Å². The maximum absolute atomic E-state index is 11.5. The third-order valence-electron chi connectivity index (χ3n) is 8.10. The van der Waals surface area contributed by atoms with Crippen LogP contribution in [0.1, 0.15) is 58.9 Å². The van der Waals surface area contributed by atoms with Crippen LogP contribution >= 0.6 is 11.3 Å². The van der Waals surface area contributed by atoms with E-state index < -0.39 is 11.8 Å². The highest BCUT2D eigenvalue weighted by Gasteiger charge is 2.43. The number of benzene rings is 1. The van der Waals surface area contributed by atoms with E-state index in [-0.39, 0.29) is 6.10 Å². The first-order valence-electron chi connectivity index (χ1n) is 13.4. The molecule has 2 saturated heterocycles. The van der Waals surface area contributed by atoms with Crippen LogP contribution in [0.4, 0.5) is 0 Å². The molecule has 6 heterocycles. The van der Waals surface area contributed by atoms with E-state index in [1.807, 2.05) is 38.4 Å². The molecule has 11 heteroatoms. The number of hydrogen-bond acceptors (Lipinski definition) is 8. The van der Waals surface area contributed by atoms with Gasteiger partial charge in [-0.25, -0.2) is 9.78 Å². The van der Waals surface area contributed by atoms with Crippen LogP contribution in [0.3, 0.4) is 0 Å². The first-order valence-corrected chi connectivity index (χ1v) is 14.3. The largest absolute Gasteiger partial charge is 0.477 e. The number of carboxylic acid groups (broad SMARTS) is 1. The van der Waals surface area contributed by atoms with Crippen molar-refractivity contribution in [3.8, 4) is 11.5 Å². The molecular formula is C28H31N5O5S. The van der Waals surface area contributed by atoms with Gasteiger partial charge in [0.25, 0.3) is 5.79 Å². The van der Waals surface area contributed by atoms with Crippen LogP contribution in [0.2, 0.25) is 0 Å². The number of nitrogens with zero attached hydrogens (tertiary/aromatic N) is 5. The normalized spacial score (nSPS) is 23.4. The standard InChI is InChI=1S/C28H31N5O5S/c1-28(23-8-10-31(2)30-23)37-21-5-3-4-19(25(21)38-28)17-6-11-32(12-7-17)16-24-29-26-20(14-22(39-26)27(34)35)33(24)15-18-9-13-36-18/h3-5,8,10,14,17-18H,6-7,9,11-13,15-16H2,1-2H3,(H,34,35). The summed E-state index contributed by atoms with van der Waals surface area (Å²) in [5.74, 6) is 1.10. The Morgan fingerprint density at radius 1 is 1.21 bits per heavy atom. The Balaban J connectivity index is 1.06. The van der Waals surface area contributed by atoms with Crippen molar-refractivity contribution in [2.75, 3.05) is 19.7 Å². The molecular weight excluding hydrogens is 518 g/mol. The Bertz CT molecular complexity index is 1550. The van der Waals surface area contributed by atoms with Crippen molar-refractivity contribution < 1.29 is 24.1 Å². The molecule has 2 fully saturated rings. The Labute approximate surface area is 229 Å². The SMILES string of the molecule is Cn1ccc(C2(C)Oc3cccc(C4CCN(Cc5nc6sc(C(=O)O)cc6n5CC5CCO5)CC4)c3O2)n1. The number of thiophene rings is 1. The van der Waals surface area contributed by atoms with Gasteiger partial charge >= 0.3 is 5.97 Å². The molecule has 39 heavy (non-hydrogen) atoms. The zero-order valence-corrected chi connectivity index (χ0v) is 22.8. The molecule has 3 aliphatic heterocycles. The average Bonchev–Trinajstić information content (AvgIpc) is 3.64. The minimum atomic E-state index is -0.936. The molecule has 0 aliphatic carbocycles. The van der Waals surface area contributed by atoms with Crippen LogP contribution in [0.5, 0.6) is 11.5 Å². The summed E-state index contributed by atoms with van der Waals surface area (Å²) < 4.78 is 22.3. The molecule has 0 spiro atoms. The fourth-order valence-corrected chi connectivity index (χ4v) is 6.75. The van der Waals surface area contributed by atoms with Crippen LogP contribution in [0, 0.1) is 0 Å². The lowest BCUT2D eigenvalue weighted by molar-refractivity contribution is -0.0726. The van der Waals surface area contributed by atoms with E-state index in [2.05, 4.69) is 20.6 Å². The van der Waals surface area contributed by atoms with E-state index in [1.165, 1.54) is 16.9 Å². The molecule has 0 radical (unpaired) electrons. The molecule has 0 saturated carbocycles. The van der Waals surface area contributed by atoms with E-state index in [0.29, 0.717) is 17.3 Å².